The summed E-state index contributed by atoms with van der Waals surface area (Å²) in [6.45, 7) is 0. The van der Waals surface area contributed by atoms with Gasteiger partial charge in [0.15, 0.2) is 0 Å². The minimum absolute atomic E-state index is 0.0447. The van der Waals surface area contributed by atoms with Gasteiger partial charge in [-0.2, -0.15) is 0 Å². The van der Waals surface area contributed by atoms with Gasteiger partial charge < -0.3 is 5.11 Å². The van der Waals surface area contributed by atoms with Crippen LogP contribution in [-0.2, 0) is 16.6 Å². The lowest BCUT2D eigenvalue weighted by Gasteiger charge is -2.04. The highest BCUT2D eigenvalue weighted by Gasteiger charge is 2.13. The summed E-state index contributed by atoms with van der Waals surface area (Å²) in [4.78, 5) is 12.3. The SMILES string of the molecule is O=C(O)c1cc(S(=O)Cc2ccc(Cl)s2)ccc1Cl. The van der Waals surface area contributed by atoms with Gasteiger partial charge in [0.1, 0.15) is 0 Å². The standard InChI is InChI=1S/C12H8Cl2O3S2/c13-10-3-2-8(5-9(10)12(15)16)19(17)6-7-1-4-11(14)18-7/h1-5H,6H2,(H,15,16). The zero-order chi connectivity index (χ0) is 14.0. The van der Waals surface area contributed by atoms with Crippen LogP contribution in [0.1, 0.15) is 15.2 Å². The molecule has 0 bridgehead atoms. The number of benzene rings is 1. The smallest absolute Gasteiger partial charge is 0.337 e. The molecule has 1 N–H and O–H groups in total. The van der Waals surface area contributed by atoms with E-state index in [1.807, 2.05) is 0 Å². The van der Waals surface area contributed by atoms with Crippen molar-refractivity contribution in [3.8, 4) is 0 Å². The van der Waals surface area contributed by atoms with Crippen molar-refractivity contribution in [2.45, 2.75) is 10.6 Å². The molecule has 2 aromatic rings. The van der Waals surface area contributed by atoms with Crippen LogP contribution < -0.4 is 0 Å². The molecule has 0 aliphatic heterocycles. The van der Waals surface area contributed by atoms with E-state index in [0.29, 0.717) is 15.0 Å². The Bertz CT molecular complexity index is 652. The van der Waals surface area contributed by atoms with Gasteiger partial charge in [0, 0.05) is 9.77 Å². The summed E-state index contributed by atoms with van der Waals surface area (Å²) < 4.78 is 12.8. The van der Waals surface area contributed by atoms with Crippen molar-refractivity contribution in [2.24, 2.45) is 0 Å². The topological polar surface area (TPSA) is 54.4 Å². The Balaban J connectivity index is 2.24. The van der Waals surface area contributed by atoms with E-state index in [2.05, 4.69) is 0 Å². The lowest BCUT2D eigenvalue weighted by Crippen LogP contribution is -2.01. The fourth-order valence-corrected chi connectivity index (χ4v) is 4.08. The first-order valence-electron chi connectivity index (χ1n) is 5.13. The van der Waals surface area contributed by atoms with E-state index >= 15 is 0 Å². The van der Waals surface area contributed by atoms with Crippen molar-refractivity contribution in [3.63, 3.8) is 0 Å². The number of thiophene rings is 1. The number of aromatic carboxylic acids is 1. The Morgan fingerprint density at radius 1 is 1.26 bits per heavy atom. The van der Waals surface area contributed by atoms with E-state index in [-0.39, 0.29) is 10.6 Å². The van der Waals surface area contributed by atoms with E-state index in [4.69, 9.17) is 28.3 Å². The number of rotatable bonds is 4. The maximum atomic E-state index is 12.1. The first-order chi connectivity index (χ1) is 8.97. The molecule has 0 aliphatic carbocycles. The first-order valence-corrected chi connectivity index (χ1v) is 8.02. The van der Waals surface area contributed by atoms with E-state index in [0.717, 1.165) is 4.88 Å². The predicted molar refractivity (Wildman–Crippen MR) is 77.9 cm³/mol. The summed E-state index contributed by atoms with van der Waals surface area (Å²) in [6.07, 6.45) is 0. The van der Waals surface area contributed by atoms with Crippen LogP contribution in [0.4, 0.5) is 0 Å². The molecule has 1 aromatic heterocycles. The number of hydrogen-bond acceptors (Lipinski definition) is 3. The summed E-state index contributed by atoms with van der Waals surface area (Å²) in [6, 6.07) is 7.90. The summed E-state index contributed by atoms with van der Waals surface area (Å²) in [7, 11) is -1.33. The number of hydrogen-bond donors (Lipinski definition) is 1. The summed E-state index contributed by atoms with van der Waals surface area (Å²) >= 11 is 12.9. The highest BCUT2D eigenvalue weighted by atomic mass is 35.5. The average molecular weight is 335 g/mol. The molecule has 0 aliphatic rings. The van der Waals surface area contributed by atoms with Crippen LogP contribution in [0.15, 0.2) is 35.2 Å². The van der Waals surface area contributed by atoms with Gasteiger partial charge in [-0.1, -0.05) is 23.2 Å². The largest absolute Gasteiger partial charge is 0.478 e. The third-order valence-electron chi connectivity index (χ3n) is 2.33. The van der Waals surface area contributed by atoms with Gasteiger partial charge in [0.25, 0.3) is 0 Å². The van der Waals surface area contributed by atoms with E-state index in [1.165, 1.54) is 23.5 Å². The normalized spacial score (nSPS) is 12.3. The summed E-state index contributed by atoms with van der Waals surface area (Å²) in [5, 5.41) is 9.10. The molecule has 2 rings (SSSR count). The van der Waals surface area contributed by atoms with Crippen molar-refractivity contribution in [1.82, 2.24) is 0 Å². The third kappa shape index (κ3) is 3.57. The minimum atomic E-state index is -1.33. The van der Waals surface area contributed by atoms with Crippen molar-refractivity contribution in [1.29, 1.82) is 0 Å². The Labute approximate surface area is 126 Å². The van der Waals surface area contributed by atoms with Crippen LogP contribution >= 0.6 is 34.5 Å². The number of halogens is 2. The van der Waals surface area contributed by atoms with E-state index in [9.17, 15) is 9.00 Å². The van der Waals surface area contributed by atoms with Crippen LogP contribution in [0.2, 0.25) is 9.36 Å². The van der Waals surface area contributed by atoms with Crippen molar-refractivity contribution < 1.29 is 14.1 Å². The molecule has 1 unspecified atom stereocenters. The molecule has 0 saturated heterocycles. The molecule has 0 fully saturated rings. The molecule has 1 atom stereocenters. The van der Waals surface area contributed by atoms with Crippen LogP contribution in [0.5, 0.6) is 0 Å². The lowest BCUT2D eigenvalue weighted by atomic mass is 10.2. The van der Waals surface area contributed by atoms with Crippen molar-refractivity contribution in [2.75, 3.05) is 0 Å². The highest BCUT2D eigenvalue weighted by Crippen LogP contribution is 2.25. The molecular formula is C12H8Cl2O3S2. The fourth-order valence-electron chi connectivity index (χ4n) is 1.45. The molecule has 100 valence electrons. The highest BCUT2D eigenvalue weighted by molar-refractivity contribution is 7.84. The Morgan fingerprint density at radius 2 is 2.00 bits per heavy atom. The third-order valence-corrected chi connectivity index (χ3v) is 5.43. The molecule has 1 aromatic carbocycles. The monoisotopic (exact) mass is 334 g/mol. The molecule has 0 spiro atoms. The van der Waals surface area contributed by atoms with Crippen LogP contribution in [0, 0.1) is 0 Å². The molecule has 1 heterocycles. The molecular weight excluding hydrogens is 327 g/mol. The molecule has 7 heteroatoms. The van der Waals surface area contributed by atoms with Crippen molar-refractivity contribution in [3.05, 3.63) is 50.1 Å². The van der Waals surface area contributed by atoms with E-state index < -0.39 is 16.8 Å². The molecule has 3 nitrogen and oxygen atoms in total. The van der Waals surface area contributed by atoms with Crippen LogP contribution in [0.25, 0.3) is 0 Å². The first kappa shape index (κ1) is 14.5. The summed E-state index contributed by atoms with van der Waals surface area (Å²) in [5.41, 5.74) is -0.0447. The second kappa shape index (κ2) is 6.05. The van der Waals surface area contributed by atoms with Gasteiger partial charge in [-0.05, 0) is 30.3 Å². The molecule has 0 radical (unpaired) electrons. The second-order valence-corrected chi connectivity index (χ2v) is 7.30. The van der Waals surface area contributed by atoms with Gasteiger partial charge in [-0.15, -0.1) is 11.3 Å². The number of carbonyl (C=O) groups is 1. The zero-order valence-electron chi connectivity index (χ0n) is 9.43. The van der Waals surface area contributed by atoms with Crippen LogP contribution in [0.3, 0.4) is 0 Å². The van der Waals surface area contributed by atoms with Crippen LogP contribution in [-0.4, -0.2) is 15.3 Å². The zero-order valence-corrected chi connectivity index (χ0v) is 12.6. The fraction of sp³-hybridized carbons (Fsp3) is 0.0833. The van der Waals surface area contributed by atoms with Gasteiger partial charge in [-0.3, -0.25) is 4.21 Å². The average Bonchev–Trinajstić information content (AvgIpc) is 2.74. The lowest BCUT2D eigenvalue weighted by molar-refractivity contribution is 0.0697. The molecule has 0 saturated carbocycles. The van der Waals surface area contributed by atoms with Gasteiger partial charge >= 0.3 is 5.97 Å². The maximum absolute atomic E-state index is 12.1. The Morgan fingerprint density at radius 3 is 2.58 bits per heavy atom. The van der Waals surface area contributed by atoms with Gasteiger partial charge in [0.05, 0.1) is 31.5 Å². The quantitative estimate of drug-likeness (QED) is 0.917. The molecule has 19 heavy (non-hydrogen) atoms. The molecule has 0 amide bonds. The Hall–Kier alpha value is -0.880. The predicted octanol–water partition coefficient (Wildman–Crippen LogP) is 4.06. The second-order valence-electron chi connectivity index (χ2n) is 3.64. The van der Waals surface area contributed by atoms with E-state index in [1.54, 1.807) is 18.2 Å². The summed E-state index contributed by atoms with van der Waals surface area (Å²) in [5.74, 6) is -0.832. The number of carboxylic acid groups (broad SMARTS) is 1. The van der Waals surface area contributed by atoms with Gasteiger partial charge in [0.2, 0.25) is 0 Å². The Kier molecular flexibility index (Phi) is 4.62. The van der Waals surface area contributed by atoms with Gasteiger partial charge in [-0.25, -0.2) is 4.79 Å². The maximum Gasteiger partial charge on any atom is 0.337 e. The minimum Gasteiger partial charge on any atom is -0.478 e. The van der Waals surface area contributed by atoms with Crippen molar-refractivity contribution >= 4 is 51.3 Å². The number of carboxylic acids is 1.